The molecule has 19 heavy (non-hydrogen) atoms. The second-order valence-corrected chi connectivity index (χ2v) is 5.40. The Morgan fingerprint density at radius 3 is 2.79 bits per heavy atom. The van der Waals surface area contributed by atoms with Crippen molar-refractivity contribution in [3.05, 3.63) is 29.8 Å². The van der Waals surface area contributed by atoms with Gasteiger partial charge >= 0.3 is 0 Å². The Morgan fingerprint density at radius 1 is 1.26 bits per heavy atom. The fourth-order valence-electron chi connectivity index (χ4n) is 3.02. The summed E-state index contributed by atoms with van der Waals surface area (Å²) in [7, 11) is 3.55. The molecule has 0 saturated heterocycles. The molecule has 1 fully saturated rings. The lowest BCUT2D eigenvalue weighted by atomic mass is 10.0. The second-order valence-electron chi connectivity index (χ2n) is 5.40. The van der Waals surface area contributed by atoms with Crippen LogP contribution in [-0.2, 0) is 11.2 Å². The van der Waals surface area contributed by atoms with Gasteiger partial charge in [-0.2, -0.15) is 0 Å². The molecule has 106 valence electrons. The van der Waals surface area contributed by atoms with Gasteiger partial charge in [-0.25, -0.2) is 0 Å². The van der Waals surface area contributed by atoms with Crippen molar-refractivity contribution in [2.24, 2.45) is 0 Å². The summed E-state index contributed by atoms with van der Waals surface area (Å²) in [5, 5.41) is 3.70. The molecule has 0 spiro atoms. The van der Waals surface area contributed by atoms with E-state index in [1.54, 1.807) is 7.11 Å². The molecule has 3 heteroatoms. The number of ether oxygens (including phenoxy) is 2. The molecule has 3 nitrogen and oxygen atoms in total. The predicted molar refractivity (Wildman–Crippen MR) is 77.7 cm³/mol. The maximum Gasteiger partial charge on any atom is 0.122 e. The number of rotatable bonds is 6. The van der Waals surface area contributed by atoms with Crippen LogP contribution in [0.25, 0.3) is 0 Å². The molecule has 0 radical (unpaired) electrons. The highest BCUT2D eigenvalue weighted by atomic mass is 16.5. The maximum atomic E-state index is 5.53. The minimum absolute atomic E-state index is 0.375. The Morgan fingerprint density at radius 2 is 2.05 bits per heavy atom. The monoisotopic (exact) mass is 263 g/mol. The largest absolute Gasteiger partial charge is 0.496 e. The molecule has 0 aliphatic heterocycles. The molecule has 3 unspecified atom stereocenters. The van der Waals surface area contributed by atoms with E-state index in [1.165, 1.54) is 24.8 Å². The molecule has 1 aliphatic carbocycles. The number of para-hydroxylation sites is 1. The first kappa shape index (κ1) is 14.4. The van der Waals surface area contributed by atoms with Gasteiger partial charge in [0.05, 0.1) is 13.2 Å². The van der Waals surface area contributed by atoms with Crippen LogP contribution in [0.1, 0.15) is 31.7 Å². The van der Waals surface area contributed by atoms with Crippen molar-refractivity contribution in [1.82, 2.24) is 5.32 Å². The van der Waals surface area contributed by atoms with Crippen LogP contribution in [0, 0.1) is 0 Å². The zero-order chi connectivity index (χ0) is 13.7. The summed E-state index contributed by atoms with van der Waals surface area (Å²) in [4.78, 5) is 0. The summed E-state index contributed by atoms with van der Waals surface area (Å²) in [6, 6.07) is 9.16. The number of methoxy groups -OCH3 is 2. The second kappa shape index (κ2) is 6.92. The van der Waals surface area contributed by atoms with Crippen LogP contribution in [0.2, 0.25) is 0 Å². The van der Waals surface area contributed by atoms with Crippen LogP contribution in [0.3, 0.4) is 0 Å². The lowest BCUT2D eigenvalue weighted by Crippen LogP contribution is -2.42. The molecule has 2 rings (SSSR count). The van der Waals surface area contributed by atoms with Gasteiger partial charge in [0, 0.05) is 19.2 Å². The average Bonchev–Trinajstić information content (AvgIpc) is 2.86. The molecular weight excluding hydrogens is 238 g/mol. The van der Waals surface area contributed by atoms with Crippen molar-refractivity contribution in [1.29, 1.82) is 0 Å². The minimum Gasteiger partial charge on any atom is -0.496 e. The average molecular weight is 263 g/mol. The Balaban J connectivity index is 1.92. The summed E-state index contributed by atoms with van der Waals surface area (Å²) in [6.45, 7) is 2.23. The Kier molecular flexibility index (Phi) is 5.23. The predicted octanol–water partition coefficient (Wildman–Crippen LogP) is 2.78. The highest BCUT2D eigenvalue weighted by molar-refractivity contribution is 5.33. The molecule has 1 saturated carbocycles. The summed E-state index contributed by atoms with van der Waals surface area (Å²) < 4.78 is 10.9. The van der Waals surface area contributed by atoms with Gasteiger partial charge in [-0.1, -0.05) is 18.2 Å². The van der Waals surface area contributed by atoms with Gasteiger partial charge in [0.2, 0.25) is 0 Å². The van der Waals surface area contributed by atoms with Crippen LogP contribution in [0.5, 0.6) is 5.75 Å². The summed E-state index contributed by atoms with van der Waals surface area (Å²) >= 11 is 0. The van der Waals surface area contributed by atoms with Gasteiger partial charge < -0.3 is 14.8 Å². The number of hydrogen-bond donors (Lipinski definition) is 1. The maximum absolute atomic E-state index is 5.53. The van der Waals surface area contributed by atoms with Crippen LogP contribution in [0.4, 0.5) is 0 Å². The Bertz CT molecular complexity index is 394. The first-order valence-corrected chi connectivity index (χ1v) is 7.15. The first-order chi connectivity index (χ1) is 9.24. The van der Waals surface area contributed by atoms with Gasteiger partial charge in [-0.15, -0.1) is 0 Å². The van der Waals surface area contributed by atoms with Gasteiger partial charge in [-0.05, 0) is 44.2 Å². The van der Waals surface area contributed by atoms with E-state index in [-0.39, 0.29) is 0 Å². The molecular formula is C16H25NO2. The van der Waals surface area contributed by atoms with Crippen LogP contribution in [-0.4, -0.2) is 32.4 Å². The van der Waals surface area contributed by atoms with Gasteiger partial charge in [0.25, 0.3) is 0 Å². The number of hydrogen-bond acceptors (Lipinski definition) is 3. The van der Waals surface area contributed by atoms with Gasteiger partial charge in [0.15, 0.2) is 0 Å². The summed E-state index contributed by atoms with van der Waals surface area (Å²) in [5.74, 6) is 0.978. The molecule has 3 atom stereocenters. The smallest absolute Gasteiger partial charge is 0.122 e. The number of nitrogens with one attached hydrogen (secondary N) is 1. The van der Waals surface area contributed by atoms with E-state index >= 15 is 0 Å². The van der Waals surface area contributed by atoms with Crippen molar-refractivity contribution in [2.45, 2.75) is 50.8 Å². The van der Waals surface area contributed by atoms with Crippen molar-refractivity contribution >= 4 is 0 Å². The lowest BCUT2D eigenvalue weighted by molar-refractivity contribution is 0.0819. The quantitative estimate of drug-likeness (QED) is 0.856. The van der Waals surface area contributed by atoms with E-state index < -0.39 is 0 Å². The zero-order valence-corrected chi connectivity index (χ0v) is 12.2. The third-order valence-corrected chi connectivity index (χ3v) is 3.97. The van der Waals surface area contributed by atoms with Crippen molar-refractivity contribution in [3.63, 3.8) is 0 Å². The third kappa shape index (κ3) is 3.71. The van der Waals surface area contributed by atoms with Gasteiger partial charge in [-0.3, -0.25) is 0 Å². The normalized spacial score (nSPS) is 24.4. The lowest BCUT2D eigenvalue weighted by Gasteiger charge is -2.24. The third-order valence-electron chi connectivity index (χ3n) is 3.97. The molecule has 1 aromatic carbocycles. The van der Waals surface area contributed by atoms with E-state index in [9.17, 15) is 0 Å². The number of benzene rings is 1. The van der Waals surface area contributed by atoms with E-state index in [2.05, 4.69) is 24.4 Å². The first-order valence-electron chi connectivity index (χ1n) is 7.15. The fraction of sp³-hybridized carbons (Fsp3) is 0.625. The van der Waals surface area contributed by atoms with Gasteiger partial charge in [0.1, 0.15) is 5.75 Å². The topological polar surface area (TPSA) is 30.5 Å². The van der Waals surface area contributed by atoms with Crippen LogP contribution in [0.15, 0.2) is 24.3 Å². The standard InChI is InChI=1S/C16H25NO2/c1-12(17-14-8-6-10-16(14)19-3)11-13-7-4-5-9-15(13)18-2/h4-5,7,9,12,14,16-17H,6,8,10-11H2,1-3H3. The van der Waals surface area contributed by atoms with Crippen LogP contribution >= 0.6 is 0 Å². The van der Waals surface area contributed by atoms with E-state index in [4.69, 9.17) is 9.47 Å². The highest BCUT2D eigenvalue weighted by Gasteiger charge is 2.27. The van der Waals surface area contributed by atoms with Crippen molar-refractivity contribution in [2.75, 3.05) is 14.2 Å². The van der Waals surface area contributed by atoms with E-state index in [0.717, 1.165) is 12.2 Å². The summed E-state index contributed by atoms with van der Waals surface area (Å²) in [6.07, 6.45) is 5.01. The Hall–Kier alpha value is -1.06. The molecule has 1 aromatic rings. The fourth-order valence-corrected chi connectivity index (χ4v) is 3.02. The molecule has 1 N–H and O–H groups in total. The van der Waals surface area contributed by atoms with Crippen LogP contribution < -0.4 is 10.1 Å². The minimum atomic E-state index is 0.375. The molecule has 0 bridgehead atoms. The van der Waals surface area contributed by atoms with Crippen molar-refractivity contribution in [3.8, 4) is 5.75 Å². The summed E-state index contributed by atoms with van der Waals surface area (Å²) in [5.41, 5.74) is 1.26. The molecule has 1 aliphatic rings. The van der Waals surface area contributed by atoms with E-state index in [0.29, 0.717) is 18.2 Å². The Labute approximate surface area is 116 Å². The molecule has 0 amide bonds. The SMILES string of the molecule is COc1ccccc1CC(C)NC1CCCC1OC. The molecule has 0 aromatic heterocycles. The zero-order valence-electron chi connectivity index (χ0n) is 12.2. The van der Waals surface area contributed by atoms with Crippen molar-refractivity contribution < 1.29 is 9.47 Å². The highest BCUT2D eigenvalue weighted by Crippen LogP contribution is 2.23. The molecule has 0 heterocycles. The van der Waals surface area contributed by atoms with E-state index in [1.807, 2.05) is 19.2 Å².